The van der Waals surface area contributed by atoms with Gasteiger partial charge in [-0.25, -0.2) is 8.42 Å². The molecule has 0 aliphatic rings. The third-order valence-corrected chi connectivity index (χ3v) is 4.48. The average molecular weight is 307 g/mol. The molecule has 0 saturated carbocycles. The highest BCUT2D eigenvalue weighted by Gasteiger charge is 2.19. The molecule has 0 atom stereocenters. The molecule has 112 valence electrons. The molecule has 0 unspecified atom stereocenters. The fraction of sp³-hybridized carbons (Fsp3) is 0.200. The lowest BCUT2D eigenvalue weighted by molar-refractivity contribution is 0.194. The first kappa shape index (κ1) is 15.7. The lowest BCUT2D eigenvalue weighted by atomic mass is 10.0. The van der Waals surface area contributed by atoms with E-state index in [0.717, 1.165) is 0 Å². The van der Waals surface area contributed by atoms with E-state index in [4.69, 9.17) is 4.74 Å². The van der Waals surface area contributed by atoms with E-state index in [1.807, 2.05) is 0 Å². The second kappa shape index (κ2) is 6.82. The number of hydrogen-bond donors (Lipinski definition) is 2. The summed E-state index contributed by atoms with van der Waals surface area (Å²) in [4.78, 5) is 0.156. The van der Waals surface area contributed by atoms with E-state index in [1.165, 1.54) is 13.2 Å². The number of rotatable bonds is 6. The van der Waals surface area contributed by atoms with E-state index in [2.05, 4.69) is 4.72 Å². The van der Waals surface area contributed by atoms with Crippen molar-refractivity contribution in [2.24, 2.45) is 0 Å². The van der Waals surface area contributed by atoms with Gasteiger partial charge in [-0.15, -0.1) is 0 Å². The average Bonchev–Trinajstić information content (AvgIpc) is 2.53. The highest BCUT2D eigenvalue weighted by atomic mass is 32.2. The molecule has 2 aromatic carbocycles. The van der Waals surface area contributed by atoms with Crippen LogP contribution in [0.2, 0.25) is 0 Å². The van der Waals surface area contributed by atoms with Crippen LogP contribution in [0.25, 0.3) is 11.1 Å². The first-order valence-corrected chi connectivity index (χ1v) is 7.85. The third-order valence-electron chi connectivity index (χ3n) is 3.05. The smallest absolute Gasteiger partial charge is 0.243 e. The number of nitrogens with one attached hydrogen (secondary N) is 1. The van der Waals surface area contributed by atoms with E-state index >= 15 is 0 Å². The largest absolute Gasteiger partial charge is 0.392 e. The molecule has 0 bridgehead atoms. The maximum Gasteiger partial charge on any atom is 0.243 e. The molecule has 5 nitrogen and oxygen atoms in total. The Hall–Kier alpha value is -1.73. The van der Waals surface area contributed by atoms with Crippen molar-refractivity contribution in [3.63, 3.8) is 0 Å². The summed E-state index contributed by atoms with van der Waals surface area (Å²) in [5.41, 5.74) is 1.91. The Labute approximate surface area is 124 Å². The van der Waals surface area contributed by atoms with Gasteiger partial charge in [-0.3, -0.25) is 0 Å². The summed E-state index contributed by atoms with van der Waals surface area (Å²) in [6.45, 7) is -0.256. The van der Waals surface area contributed by atoms with E-state index in [1.54, 1.807) is 42.5 Å². The van der Waals surface area contributed by atoms with Gasteiger partial charge in [0.25, 0.3) is 0 Å². The van der Waals surface area contributed by atoms with E-state index in [0.29, 0.717) is 16.7 Å². The molecule has 0 saturated heterocycles. The Morgan fingerprint density at radius 2 is 1.67 bits per heavy atom. The normalized spacial score (nSPS) is 11.5. The van der Waals surface area contributed by atoms with Gasteiger partial charge < -0.3 is 9.84 Å². The SMILES string of the molecule is COCNS(=O)(=O)c1ccccc1-c1ccccc1CO. The molecule has 2 rings (SSSR count). The van der Waals surface area contributed by atoms with Crippen LogP contribution in [0.4, 0.5) is 0 Å². The number of benzene rings is 2. The van der Waals surface area contributed by atoms with Crippen LogP contribution >= 0.6 is 0 Å². The van der Waals surface area contributed by atoms with E-state index in [-0.39, 0.29) is 18.2 Å². The predicted octanol–water partition coefficient (Wildman–Crippen LogP) is 1.73. The molecule has 0 heterocycles. The summed E-state index contributed by atoms with van der Waals surface area (Å²) in [7, 11) is -2.27. The number of sulfonamides is 1. The fourth-order valence-electron chi connectivity index (χ4n) is 2.06. The van der Waals surface area contributed by atoms with Crippen LogP contribution in [0.3, 0.4) is 0 Å². The Kier molecular flexibility index (Phi) is 5.08. The minimum absolute atomic E-state index is 0.0989. The van der Waals surface area contributed by atoms with Crippen molar-refractivity contribution in [2.75, 3.05) is 13.8 Å². The molecule has 0 amide bonds. The Balaban J connectivity index is 2.56. The molecule has 0 aliphatic heterocycles. The van der Waals surface area contributed by atoms with Crippen LogP contribution in [-0.4, -0.2) is 27.4 Å². The maximum atomic E-state index is 12.3. The molecule has 0 aliphatic carbocycles. The van der Waals surface area contributed by atoms with Gasteiger partial charge in [0.05, 0.1) is 11.5 Å². The van der Waals surface area contributed by atoms with Gasteiger partial charge in [-0.2, -0.15) is 4.72 Å². The van der Waals surface area contributed by atoms with Gasteiger partial charge in [-0.1, -0.05) is 42.5 Å². The number of aliphatic hydroxyl groups excluding tert-OH is 1. The second-order valence-corrected chi connectivity index (χ2v) is 6.13. The summed E-state index contributed by atoms with van der Waals surface area (Å²) in [6, 6.07) is 13.8. The minimum Gasteiger partial charge on any atom is -0.392 e. The molecule has 21 heavy (non-hydrogen) atoms. The van der Waals surface area contributed by atoms with Crippen LogP contribution < -0.4 is 4.72 Å². The van der Waals surface area contributed by atoms with Crippen molar-refractivity contribution >= 4 is 10.0 Å². The monoisotopic (exact) mass is 307 g/mol. The topological polar surface area (TPSA) is 75.6 Å². The number of ether oxygens (including phenoxy) is 1. The van der Waals surface area contributed by atoms with Crippen molar-refractivity contribution < 1.29 is 18.3 Å². The summed E-state index contributed by atoms with van der Waals surface area (Å²) < 4.78 is 31.8. The van der Waals surface area contributed by atoms with Crippen molar-refractivity contribution in [1.29, 1.82) is 0 Å². The van der Waals surface area contributed by atoms with Crippen molar-refractivity contribution in [3.05, 3.63) is 54.1 Å². The standard InChI is InChI=1S/C15H17NO4S/c1-20-11-16-21(18,19)15-9-5-4-8-14(15)13-7-3-2-6-12(13)10-17/h2-9,16-17H,10-11H2,1H3. The van der Waals surface area contributed by atoms with Crippen molar-refractivity contribution in [2.45, 2.75) is 11.5 Å². The van der Waals surface area contributed by atoms with Crippen molar-refractivity contribution in [1.82, 2.24) is 4.72 Å². The predicted molar refractivity (Wildman–Crippen MR) is 80.0 cm³/mol. The molecule has 0 fully saturated rings. The van der Waals surface area contributed by atoms with Crippen LogP contribution in [0, 0.1) is 0 Å². The molecular weight excluding hydrogens is 290 g/mol. The van der Waals surface area contributed by atoms with Crippen molar-refractivity contribution in [3.8, 4) is 11.1 Å². The van der Waals surface area contributed by atoms with Crippen LogP contribution in [0.1, 0.15) is 5.56 Å². The van der Waals surface area contributed by atoms with Crippen LogP contribution in [0.5, 0.6) is 0 Å². The summed E-state index contributed by atoms with van der Waals surface area (Å²) >= 11 is 0. The van der Waals surface area contributed by atoms with E-state index < -0.39 is 10.0 Å². The highest BCUT2D eigenvalue weighted by Crippen LogP contribution is 2.29. The Morgan fingerprint density at radius 1 is 1.05 bits per heavy atom. The van der Waals surface area contributed by atoms with Gasteiger partial charge in [0.1, 0.15) is 6.73 Å². The first-order valence-electron chi connectivity index (χ1n) is 6.37. The quantitative estimate of drug-likeness (QED) is 0.797. The number of aliphatic hydroxyl groups is 1. The van der Waals surface area contributed by atoms with Gasteiger partial charge >= 0.3 is 0 Å². The zero-order valence-electron chi connectivity index (χ0n) is 11.6. The molecule has 2 N–H and O–H groups in total. The zero-order chi connectivity index (χ0) is 15.3. The summed E-state index contributed by atoms with van der Waals surface area (Å²) in [5, 5.41) is 9.43. The Morgan fingerprint density at radius 3 is 2.33 bits per heavy atom. The molecule has 0 radical (unpaired) electrons. The van der Waals surface area contributed by atoms with E-state index in [9.17, 15) is 13.5 Å². The number of hydrogen-bond acceptors (Lipinski definition) is 4. The fourth-order valence-corrected chi connectivity index (χ4v) is 3.21. The van der Waals surface area contributed by atoms with Crippen LogP contribution in [0.15, 0.2) is 53.4 Å². The summed E-state index contributed by atoms with van der Waals surface area (Å²) in [6.07, 6.45) is 0. The van der Waals surface area contributed by atoms with Gasteiger partial charge in [0.2, 0.25) is 10.0 Å². The zero-order valence-corrected chi connectivity index (χ0v) is 12.4. The second-order valence-electron chi connectivity index (χ2n) is 4.39. The molecular formula is C15H17NO4S. The lowest BCUT2D eigenvalue weighted by Crippen LogP contribution is -2.26. The summed E-state index contributed by atoms with van der Waals surface area (Å²) in [5.74, 6) is 0. The minimum atomic E-state index is -3.68. The van der Waals surface area contributed by atoms with Gasteiger partial charge in [0, 0.05) is 12.7 Å². The first-order chi connectivity index (χ1) is 10.1. The molecule has 0 aromatic heterocycles. The van der Waals surface area contributed by atoms with Gasteiger partial charge in [-0.05, 0) is 17.2 Å². The highest BCUT2D eigenvalue weighted by molar-refractivity contribution is 7.89. The number of methoxy groups -OCH3 is 1. The third kappa shape index (κ3) is 3.48. The van der Waals surface area contributed by atoms with Gasteiger partial charge in [0.15, 0.2) is 0 Å². The molecule has 2 aromatic rings. The lowest BCUT2D eigenvalue weighted by Gasteiger charge is -2.13. The maximum absolute atomic E-state index is 12.3. The molecule has 0 spiro atoms. The molecule has 6 heteroatoms. The van der Waals surface area contributed by atoms with Crippen LogP contribution in [-0.2, 0) is 21.4 Å². The Bertz CT molecular complexity index is 713.